The lowest BCUT2D eigenvalue weighted by Gasteiger charge is -2.04. The molecule has 2 rings (SSSR count). The maximum Gasteiger partial charge on any atom is 0.109 e. The van der Waals surface area contributed by atoms with Crippen molar-refractivity contribution in [1.82, 2.24) is 9.55 Å². The van der Waals surface area contributed by atoms with Crippen LogP contribution in [0.4, 0.5) is 0 Å². The van der Waals surface area contributed by atoms with E-state index < -0.39 is 0 Å². The average Bonchev–Trinajstić information content (AvgIpc) is 2.62. The van der Waals surface area contributed by atoms with E-state index >= 15 is 0 Å². The Hall–Kier alpha value is -1.35. The maximum atomic E-state index is 5.55. The van der Waals surface area contributed by atoms with Gasteiger partial charge in [0.2, 0.25) is 0 Å². The van der Waals surface area contributed by atoms with E-state index in [2.05, 4.69) is 41.6 Å². The van der Waals surface area contributed by atoms with Crippen LogP contribution in [-0.4, -0.2) is 16.1 Å². The molecule has 0 atom stereocenters. The van der Waals surface area contributed by atoms with Gasteiger partial charge in [-0.3, -0.25) is 0 Å². The first-order chi connectivity index (χ1) is 7.76. The van der Waals surface area contributed by atoms with E-state index in [9.17, 15) is 0 Å². The third-order valence-electron chi connectivity index (χ3n) is 2.90. The highest BCUT2D eigenvalue weighted by Crippen LogP contribution is 2.18. The van der Waals surface area contributed by atoms with E-state index in [1.807, 2.05) is 0 Å². The molecule has 2 N–H and O–H groups in total. The second kappa shape index (κ2) is 4.66. The molecule has 1 aromatic heterocycles. The molecule has 86 valence electrons. The van der Waals surface area contributed by atoms with Crippen molar-refractivity contribution in [2.75, 3.05) is 6.54 Å². The molecule has 1 aromatic carbocycles. The van der Waals surface area contributed by atoms with Gasteiger partial charge in [-0.1, -0.05) is 6.07 Å². The molecule has 0 amide bonds. The summed E-state index contributed by atoms with van der Waals surface area (Å²) in [4.78, 5) is 4.69. The number of nitrogens with two attached hydrogens (primary N) is 1. The molecule has 1 heterocycles. The number of hydrogen-bond donors (Lipinski definition) is 1. The summed E-state index contributed by atoms with van der Waals surface area (Å²) in [6.07, 6.45) is 1.97. The van der Waals surface area contributed by atoms with E-state index in [0.29, 0.717) is 0 Å². The molecule has 0 spiro atoms. The lowest BCUT2D eigenvalue weighted by molar-refractivity contribution is 0.686. The normalized spacial score (nSPS) is 11.2. The minimum Gasteiger partial charge on any atom is -0.330 e. The molecule has 3 heteroatoms. The molecular weight excluding hydrogens is 198 g/mol. The second-order valence-electron chi connectivity index (χ2n) is 4.16. The van der Waals surface area contributed by atoms with Crippen LogP contribution in [0.25, 0.3) is 11.0 Å². The smallest absolute Gasteiger partial charge is 0.109 e. The molecule has 0 aliphatic heterocycles. The topological polar surface area (TPSA) is 43.8 Å². The molecule has 0 aliphatic carbocycles. The van der Waals surface area contributed by atoms with Crippen LogP contribution in [0.1, 0.15) is 24.7 Å². The number of fused-ring (bicyclic) bond motifs is 1. The molecule has 0 saturated heterocycles. The minimum absolute atomic E-state index is 0.728. The molecule has 3 nitrogen and oxygen atoms in total. The van der Waals surface area contributed by atoms with Crippen molar-refractivity contribution >= 4 is 11.0 Å². The number of nitrogens with zero attached hydrogens (tertiary/aromatic N) is 2. The molecule has 0 saturated carbocycles. The monoisotopic (exact) mass is 217 g/mol. The first kappa shape index (κ1) is 11.1. The van der Waals surface area contributed by atoms with Crippen LogP contribution in [0.3, 0.4) is 0 Å². The van der Waals surface area contributed by atoms with Crippen molar-refractivity contribution < 1.29 is 0 Å². The Bertz CT molecular complexity index is 485. The van der Waals surface area contributed by atoms with Gasteiger partial charge in [0, 0.05) is 13.0 Å². The van der Waals surface area contributed by atoms with Gasteiger partial charge in [-0.05, 0) is 44.5 Å². The molecular formula is C13H19N3. The Morgan fingerprint density at radius 3 is 2.88 bits per heavy atom. The van der Waals surface area contributed by atoms with E-state index in [4.69, 9.17) is 5.73 Å². The SMILES string of the molecule is CCn1c(CCCN)nc2cc(C)ccc21. The highest BCUT2D eigenvalue weighted by Gasteiger charge is 2.08. The van der Waals surface area contributed by atoms with E-state index in [1.54, 1.807) is 0 Å². The lowest BCUT2D eigenvalue weighted by Crippen LogP contribution is -2.06. The van der Waals surface area contributed by atoms with Crippen molar-refractivity contribution in [3.05, 3.63) is 29.6 Å². The maximum absolute atomic E-state index is 5.55. The Kier molecular flexibility index (Phi) is 3.25. The zero-order valence-corrected chi connectivity index (χ0v) is 10.0. The zero-order valence-electron chi connectivity index (χ0n) is 10.0. The predicted octanol–water partition coefficient (Wildman–Crippen LogP) is 2.26. The van der Waals surface area contributed by atoms with Crippen molar-refractivity contribution in [3.63, 3.8) is 0 Å². The summed E-state index contributed by atoms with van der Waals surface area (Å²) in [6.45, 7) is 5.96. The summed E-state index contributed by atoms with van der Waals surface area (Å²) in [7, 11) is 0. The van der Waals surface area contributed by atoms with Gasteiger partial charge in [0.15, 0.2) is 0 Å². The molecule has 0 fully saturated rings. The van der Waals surface area contributed by atoms with Crippen LogP contribution in [0.2, 0.25) is 0 Å². The van der Waals surface area contributed by atoms with Gasteiger partial charge in [0.25, 0.3) is 0 Å². The van der Waals surface area contributed by atoms with Crippen molar-refractivity contribution in [3.8, 4) is 0 Å². The largest absolute Gasteiger partial charge is 0.330 e. The van der Waals surface area contributed by atoms with E-state index in [0.717, 1.165) is 37.3 Å². The summed E-state index contributed by atoms with van der Waals surface area (Å²) in [5.41, 5.74) is 9.15. The molecule has 0 aliphatic rings. The first-order valence-electron chi connectivity index (χ1n) is 5.92. The van der Waals surface area contributed by atoms with Gasteiger partial charge in [-0.25, -0.2) is 4.98 Å². The summed E-state index contributed by atoms with van der Waals surface area (Å²) in [5, 5.41) is 0. The standard InChI is InChI=1S/C13H19N3/c1-3-16-12-7-6-10(2)9-11(12)15-13(16)5-4-8-14/h6-7,9H,3-5,8,14H2,1-2H3. The lowest BCUT2D eigenvalue weighted by atomic mass is 10.2. The van der Waals surface area contributed by atoms with Crippen molar-refractivity contribution in [2.45, 2.75) is 33.2 Å². The number of aromatic nitrogens is 2. The Morgan fingerprint density at radius 2 is 2.19 bits per heavy atom. The third-order valence-corrected chi connectivity index (χ3v) is 2.90. The Labute approximate surface area is 96.3 Å². The zero-order chi connectivity index (χ0) is 11.5. The minimum atomic E-state index is 0.728. The summed E-state index contributed by atoms with van der Waals surface area (Å²) in [5.74, 6) is 1.16. The highest BCUT2D eigenvalue weighted by atomic mass is 15.1. The summed E-state index contributed by atoms with van der Waals surface area (Å²) >= 11 is 0. The van der Waals surface area contributed by atoms with Crippen LogP contribution in [0, 0.1) is 6.92 Å². The van der Waals surface area contributed by atoms with Gasteiger partial charge < -0.3 is 10.3 Å². The van der Waals surface area contributed by atoms with Crippen LogP contribution in [0.5, 0.6) is 0 Å². The van der Waals surface area contributed by atoms with Gasteiger partial charge in [0.05, 0.1) is 11.0 Å². The average molecular weight is 217 g/mol. The fraction of sp³-hybridized carbons (Fsp3) is 0.462. The quantitative estimate of drug-likeness (QED) is 0.853. The second-order valence-corrected chi connectivity index (χ2v) is 4.16. The first-order valence-corrected chi connectivity index (χ1v) is 5.92. The van der Waals surface area contributed by atoms with Crippen molar-refractivity contribution in [1.29, 1.82) is 0 Å². The number of rotatable bonds is 4. The summed E-state index contributed by atoms with van der Waals surface area (Å²) < 4.78 is 2.28. The molecule has 0 bridgehead atoms. The number of benzene rings is 1. The number of hydrogen-bond acceptors (Lipinski definition) is 2. The van der Waals surface area contributed by atoms with Crippen LogP contribution < -0.4 is 5.73 Å². The van der Waals surface area contributed by atoms with Gasteiger partial charge in [0.1, 0.15) is 5.82 Å². The van der Waals surface area contributed by atoms with E-state index in [-0.39, 0.29) is 0 Å². The van der Waals surface area contributed by atoms with Crippen LogP contribution in [0.15, 0.2) is 18.2 Å². The number of imidazole rings is 1. The van der Waals surface area contributed by atoms with Crippen LogP contribution >= 0.6 is 0 Å². The highest BCUT2D eigenvalue weighted by molar-refractivity contribution is 5.76. The fourth-order valence-electron chi connectivity index (χ4n) is 2.09. The van der Waals surface area contributed by atoms with E-state index in [1.165, 1.54) is 11.1 Å². The Morgan fingerprint density at radius 1 is 1.38 bits per heavy atom. The van der Waals surface area contributed by atoms with Gasteiger partial charge >= 0.3 is 0 Å². The van der Waals surface area contributed by atoms with Gasteiger partial charge in [-0.2, -0.15) is 0 Å². The molecule has 0 radical (unpaired) electrons. The molecule has 2 aromatic rings. The molecule has 16 heavy (non-hydrogen) atoms. The molecule has 0 unspecified atom stereocenters. The van der Waals surface area contributed by atoms with Gasteiger partial charge in [-0.15, -0.1) is 0 Å². The number of aryl methyl sites for hydroxylation is 3. The fourth-order valence-corrected chi connectivity index (χ4v) is 2.09. The predicted molar refractivity (Wildman–Crippen MR) is 67.5 cm³/mol. The van der Waals surface area contributed by atoms with Crippen molar-refractivity contribution in [2.24, 2.45) is 5.73 Å². The third kappa shape index (κ3) is 1.95. The Balaban J connectivity index is 2.48. The van der Waals surface area contributed by atoms with Crippen LogP contribution in [-0.2, 0) is 13.0 Å². The summed E-state index contributed by atoms with van der Waals surface area (Å²) in [6, 6.07) is 6.45.